The minimum absolute atomic E-state index is 0.0151. The molecular weight excluding hydrogens is 532 g/mol. The van der Waals surface area contributed by atoms with Crippen molar-refractivity contribution in [2.45, 2.75) is 50.5 Å². The Bertz CT molecular complexity index is 1130. The van der Waals surface area contributed by atoms with E-state index in [0.717, 1.165) is 10.2 Å². The highest BCUT2D eigenvalue weighted by atomic mass is 79.9. The molecule has 8 heteroatoms. The van der Waals surface area contributed by atoms with Crippen molar-refractivity contribution in [2.24, 2.45) is 5.92 Å². The minimum Gasteiger partial charge on any atom is -0.354 e. The Labute approximate surface area is 227 Å². The Morgan fingerprint density at radius 2 is 1.70 bits per heavy atom. The predicted octanol–water partition coefficient (Wildman–Crippen LogP) is 4.43. The number of amides is 3. The number of nitrogens with one attached hydrogen (secondary N) is 1. The number of carbonyl (C=O) groups is 3. The number of halogens is 1. The van der Waals surface area contributed by atoms with Crippen molar-refractivity contribution in [3.8, 4) is 0 Å². The van der Waals surface area contributed by atoms with Crippen LogP contribution in [0.1, 0.15) is 55.3 Å². The summed E-state index contributed by atoms with van der Waals surface area (Å²) in [6, 6.07) is 17.3. The van der Waals surface area contributed by atoms with Crippen molar-refractivity contribution >= 4 is 39.3 Å². The molecule has 1 spiro atoms. The highest BCUT2D eigenvalue weighted by molar-refractivity contribution is 9.10. The fourth-order valence-electron chi connectivity index (χ4n) is 6.08. The number of nitrogens with zero attached hydrogens (tertiary/aromatic N) is 3. The van der Waals surface area contributed by atoms with Crippen LogP contribution in [0.3, 0.4) is 0 Å². The lowest BCUT2D eigenvalue weighted by Gasteiger charge is -2.43. The van der Waals surface area contributed by atoms with E-state index in [1.54, 1.807) is 4.90 Å². The Hall–Kier alpha value is -2.87. The molecule has 0 atom stereocenters. The lowest BCUT2D eigenvalue weighted by molar-refractivity contribution is -0.137. The first-order valence-electron chi connectivity index (χ1n) is 13.4. The van der Waals surface area contributed by atoms with Crippen molar-refractivity contribution in [2.75, 3.05) is 37.7 Å². The van der Waals surface area contributed by atoms with Gasteiger partial charge in [0.15, 0.2) is 0 Å². The summed E-state index contributed by atoms with van der Waals surface area (Å²) in [5.74, 6) is 0.419. The van der Waals surface area contributed by atoms with Gasteiger partial charge in [-0.1, -0.05) is 59.5 Å². The Balaban J connectivity index is 1.28. The van der Waals surface area contributed by atoms with E-state index in [9.17, 15) is 14.4 Å². The lowest BCUT2D eigenvalue weighted by Crippen LogP contribution is -2.57. The van der Waals surface area contributed by atoms with Crippen LogP contribution in [0.2, 0.25) is 0 Å². The van der Waals surface area contributed by atoms with Gasteiger partial charge in [-0.25, -0.2) is 0 Å². The molecule has 3 amide bonds. The smallest absolute Gasteiger partial charge is 0.253 e. The third-order valence-corrected chi connectivity index (χ3v) is 8.67. The summed E-state index contributed by atoms with van der Waals surface area (Å²) in [5, 5.41) is 3.08. The van der Waals surface area contributed by atoms with Crippen molar-refractivity contribution in [1.29, 1.82) is 0 Å². The van der Waals surface area contributed by atoms with Crippen LogP contribution in [0.5, 0.6) is 0 Å². The molecule has 0 radical (unpaired) electrons. The standard InChI is InChI=1S/C29H35BrN4O3/c30-24-11-7-10-23(18-24)27(36)32-16-14-29(15-17-32)28(37)33(21-34(29)25-12-5-2-6-13-25)20-26(35)31-19-22-8-3-1-4-9-22/h2,5-7,10-13,18,22H,1,3-4,8-9,14-17,19-21H2,(H,31,35). The molecule has 2 heterocycles. The highest BCUT2D eigenvalue weighted by Crippen LogP contribution is 2.39. The zero-order valence-corrected chi connectivity index (χ0v) is 22.8. The van der Waals surface area contributed by atoms with E-state index in [1.807, 2.05) is 59.5 Å². The summed E-state index contributed by atoms with van der Waals surface area (Å²) in [6.45, 7) is 2.11. The van der Waals surface area contributed by atoms with E-state index < -0.39 is 5.54 Å². The van der Waals surface area contributed by atoms with Crippen molar-refractivity contribution in [3.63, 3.8) is 0 Å². The second kappa shape index (κ2) is 11.3. The third-order valence-electron chi connectivity index (χ3n) is 8.18. The second-order valence-electron chi connectivity index (χ2n) is 10.6. The zero-order chi connectivity index (χ0) is 25.8. The molecular formula is C29H35BrN4O3. The number of hydrogen-bond donors (Lipinski definition) is 1. The van der Waals surface area contributed by atoms with E-state index >= 15 is 0 Å². The molecule has 37 heavy (non-hydrogen) atoms. The number of para-hydroxylation sites is 1. The summed E-state index contributed by atoms with van der Waals surface area (Å²) >= 11 is 3.44. The molecule has 0 bridgehead atoms. The first-order valence-corrected chi connectivity index (χ1v) is 14.2. The molecule has 3 fully saturated rings. The lowest BCUT2D eigenvalue weighted by atomic mass is 9.85. The van der Waals surface area contributed by atoms with Gasteiger partial charge in [-0.2, -0.15) is 0 Å². The van der Waals surface area contributed by atoms with E-state index in [-0.39, 0.29) is 24.3 Å². The normalized spacial score (nSPS) is 19.9. The fraction of sp³-hybridized carbons (Fsp3) is 0.483. The predicted molar refractivity (Wildman–Crippen MR) is 147 cm³/mol. The van der Waals surface area contributed by atoms with Gasteiger partial charge in [0, 0.05) is 35.4 Å². The van der Waals surface area contributed by atoms with Crippen LogP contribution in [-0.4, -0.2) is 65.9 Å². The topological polar surface area (TPSA) is 73.0 Å². The summed E-state index contributed by atoms with van der Waals surface area (Å²) in [5.41, 5.74) is 0.853. The molecule has 196 valence electrons. The molecule has 7 nitrogen and oxygen atoms in total. The number of rotatable bonds is 6. The zero-order valence-electron chi connectivity index (χ0n) is 21.2. The maximum absolute atomic E-state index is 13.9. The molecule has 5 rings (SSSR count). The first-order chi connectivity index (χ1) is 18.0. The van der Waals surface area contributed by atoms with Gasteiger partial charge < -0.3 is 20.0 Å². The van der Waals surface area contributed by atoms with Crippen LogP contribution < -0.4 is 10.2 Å². The average Bonchev–Trinajstić information content (AvgIpc) is 3.19. The maximum Gasteiger partial charge on any atom is 0.253 e. The number of benzene rings is 2. The van der Waals surface area contributed by atoms with E-state index in [0.29, 0.717) is 50.6 Å². The van der Waals surface area contributed by atoms with Gasteiger partial charge in [0.2, 0.25) is 5.91 Å². The SMILES string of the molecule is O=C(CN1CN(c2ccccc2)C2(CCN(C(=O)c3cccc(Br)c3)CC2)C1=O)NCC1CCCCC1. The molecule has 1 aliphatic carbocycles. The molecule has 2 aromatic rings. The Morgan fingerprint density at radius 1 is 0.973 bits per heavy atom. The van der Waals surface area contributed by atoms with Gasteiger partial charge in [0.25, 0.3) is 11.8 Å². The molecule has 1 saturated carbocycles. The van der Waals surface area contributed by atoms with Gasteiger partial charge in [-0.15, -0.1) is 0 Å². The number of piperidine rings is 1. The average molecular weight is 568 g/mol. The number of anilines is 1. The monoisotopic (exact) mass is 566 g/mol. The van der Waals surface area contributed by atoms with E-state index in [2.05, 4.69) is 26.1 Å². The summed E-state index contributed by atoms with van der Waals surface area (Å²) in [7, 11) is 0. The van der Waals surface area contributed by atoms with Gasteiger partial charge in [-0.05, 0) is 61.9 Å². The Morgan fingerprint density at radius 3 is 2.41 bits per heavy atom. The summed E-state index contributed by atoms with van der Waals surface area (Å²) < 4.78 is 0.866. The first kappa shape index (κ1) is 25.8. The van der Waals surface area contributed by atoms with E-state index in [1.165, 1.54) is 32.1 Å². The highest BCUT2D eigenvalue weighted by Gasteiger charge is 2.54. The van der Waals surface area contributed by atoms with Gasteiger partial charge in [0.1, 0.15) is 12.1 Å². The van der Waals surface area contributed by atoms with Crippen LogP contribution in [0.25, 0.3) is 0 Å². The third kappa shape index (κ3) is 5.54. The molecule has 0 aromatic heterocycles. The Kier molecular flexibility index (Phi) is 7.84. The molecule has 1 N–H and O–H groups in total. The fourth-order valence-corrected chi connectivity index (χ4v) is 6.48. The number of likely N-dealkylation sites (tertiary alicyclic amines) is 1. The minimum atomic E-state index is -0.751. The van der Waals surface area contributed by atoms with Crippen LogP contribution in [0, 0.1) is 5.92 Å². The van der Waals surface area contributed by atoms with Crippen LogP contribution in [0.15, 0.2) is 59.1 Å². The van der Waals surface area contributed by atoms with Crippen molar-refractivity contribution in [3.05, 3.63) is 64.6 Å². The van der Waals surface area contributed by atoms with Gasteiger partial charge in [0.05, 0.1) is 6.67 Å². The summed E-state index contributed by atoms with van der Waals surface area (Å²) in [6.07, 6.45) is 7.16. The molecule has 2 aromatic carbocycles. The quantitative estimate of drug-likeness (QED) is 0.561. The molecule has 0 unspecified atom stereocenters. The van der Waals surface area contributed by atoms with Gasteiger partial charge in [-0.3, -0.25) is 14.4 Å². The van der Waals surface area contributed by atoms with Crippen LogP contribution in [0.4, 0.5) is 5.69 Å². The van der Waals surface area contributed by atoms with Gasteiger partial charge >= 0.3 is 0 Å². The van der Waals surface area contributed by atoms with Crippen molar-refractivity contribution < 1.29 is 14.4 Å². The summed E-state index contributed by atoms with van der Waals surface area (Å²) in [4.78, 5) is 45.6. The van der Waals surface area contributed by atoms with Crippen molar-refractivity contribution in [1.82, 2.24) is 15.1 Å². The van der Waals surface area contributed by atoms with Crippen LogP contribution >= 0.6 is 15.9 Å². The molecule has 2 saturated heterocycles. The van der Waals surface area contributed by atoms with Crippen LogP contribution in [-0.2, 0) is 9.59 Å². The largest absolute Gasteiger partial charge is 0.354 e. The molecule has 2 aliphatic heterocycles. The maximum atomic E-state index is 13.9. The second-order valence-corrected chi connectivity index (χ2v) is 11.5. The number of carbonyl (C=O) groups excluding carboxylic acids is 3. The number of hydrogen-bond acceptors (Lipinski definition) is 4. The molecule has 3 aliphatic rings. The van der Waals surface area contributed by atoms with E-state index in [4.69, 9.17) is 0 Å².